The topological polar surface area (TPSA) is 52.6 Å². The van der Waals surface area contributed by atoms with Gasteiger partial charge in [-0.2, -0.15) is 0 Å². The highest BCUT2D eigenvalue weighted by molar-refractivity contribution is 14.0. The maximum atomic E-state index is 4.73. The molecule has 2 heterocycles. The number of anilines is 1. The first kappa shape index (κ1) is 21.5. The number of halogens is 1. The number of hydrogen-bond acceptors (Lipinski definition) is 3. The van der Waals surface area contributed by atoms with Crippen LogP contribution in [0.2, 0.25) is 0 Å². The normalized spacial score (nSPS) is 14.4. The Kier molecular flexibility index (Phi) is 9.38. The number of rotatable bonds is 6. The number of benzene rings is 1. The lowest BCUT2D eigenvalue weighted by Crippen LogP contribution is -2.36. The van der Waals surface area contributed by atoms with Crippen LogP contribution in [0.5, 0.6) is 0 Å². The Labute approximate surface area is 179 Å². The van der Waals surface area contributed by atoms with Crippen LogP contribution in [0.3, 0.4) is 0 Å². The van der Waals surface area contributed by atoms with E-state index in [0.29, 0.717) is 6.54 Å². The second-order valence-corrected chi connectivity index (χ2v) is 6.60. The van der Waals surface area contributed by atoms with Crippen molar-refractivity contribution in [2.24, 2.45) is 4.99 Å². The van der Waals surface area contributed by atoms with E-state index >= 15 is 0 Å². The lowest BCUT2D eigenvalue weighted by molar-refractivity contribution is 0.573. The third-order valence-corrected chi connectivity index (χ3v) is 4.56. The van der Waals surface area contributed by atoms with Gasteiger partial charge in [0.1, 0.15) is 5.82 Å². The van der Waals surface area contributed by atoms with E-state index in [4.69, 9.17) is 4.99 Å². The Morgan fingerprint density at radius 1 is 1.04 bits per heavy atom. The van der Waals surface area contributed by atoms with Gasteiger partial charge in [-0.1, -0.05) is 30.3 Å². The third-order valence-electron chi connectivity index (χ3n) is 4.56. The number of pyridine rings is 1. The lowest BCUT2D eigenvalue weighted by Gasteiger charge is -2.27. The molecular formula is C21H30IN5. The van der Waals surface area contributed by atoms with Crippen LogP contribution >= 0.6 is 24.0 Å². The predicted molar refractivity (Wildman–Crippen MR) is 124 cm³/mol. The summed E-state index contributed by atoms with van der Waals surface area (Å²) in [5.74, 6) is 1.92. The predicted octanol–water partition coefficient (Wildman–Crippen LogP) is 3.95. The first-order valence-electron chi connectivity index (χ1n) is 9.61. The Morgan fingerprint density at radius 2 is 1.81 bits per heavy atom. The fourth-order valence-electron chi connectivity index (χ4n) is 3.15. The average molecular weight is 479 g/mol. The van der Waals surface area contributed by atoms with Crippen molar-refractivity contribution in [1.82, 2.24) is 15.6 Å². The van der Waals surface area contributed by atoms with Gasteiger partial charge in [0.25, 0.3) is 0 Å². The molecule has 0 radical (unpaired) electrons. The molecule has 6 heteroatoms. The van der Waals surface area contributed by atoms with Gasteiger partial charge in [-0.05, 0) is 49.4 Å². The van der Waals surface area contributed by atoms with Gasteiger partial charge in [0, 0.05) is 32.4 Å². The van der Waals surface area contributed by atoms with Crippen molar-refractivity contribution in [3.8, 4) is 0 Å². The van der Waals surface area contributed by atoms with Crippen LogP contribution in [0.1, 0.15) is 37.3 Å². The van der Waals surface area contributed by atoms with Crippen LogP contribution < -0.4 is 15.5 Å². The van der Waals surface area contributed by atoms with Gasteiger partial charge in [0.05, 0.1) is 6.54 Å². The summed E-state index contributed by atoms with van der Waals surface area (Å²) in [5.41, 5.74) is 2.44. The minimum absolute atomic E-state index is 0. The Bertz CT molecular complexity index is 699. The molecule has 27 heavy (non-hydrogen) atoms. The van der Waals surface area contributed by atoms with Gasteiger partial charge in [-0.15, -0.1) is 24.0 Å². The van der Waals surface area contributed by atoms with E-state index in [0.717, 1.165) is 38.0 Å². The SMILES string of the molecule is CCNC(=NCc1ccnc(N2CCCCC2)c1)NCc1ccccc1.I. The molecule has 3 rings (SSSR count). The van der Waals surface area contributed by atoms with Gasteiger partial charge < -0.3 is 15.5 Å². The Morgan fingerprint density at radius 3 is 2.56 bits per heavy atom. The fourth-order valence-corrected chi connectivity index (χ4v) is 3.15. The molecule has 1 saturated heterocycles. The van der Waals surface area contributed by atoms with Crippen LogP contribution in [0, 0.1) is 0 Å². The highest BCUT2D eigenvalue weighted by atomic mass is 127. The van der Waals surface area contributed by atoms with E-state index in [1.807, 2.05) is 12.3 Å². The van der Waals surface area contributed by atoms with Crippen LogP contribution in [0.4, 0.5) is 5.82 Å². The van der Waals surface area contributed by atoms with Gasteiger partial charge in [0.2, 0.25) is 0 Å². The lowest BCUT2D eigenvalue weighted by atomic mass is 10.1. The number of nitrogens with zero attached hydrogens (tertiary/aromatic N) is 3. The zero-order valence-corrected chi connectivity index (χ0v) is 18.4. The summed E-state index contributed by atoms with van der Waals surface area (Å²) in [5, 5.41) is 6.71. The van der Waals surface area contributed by atoms with Gasteiger partial charge in [0.15, 0.2) is 5.96 Å². The van der Waals surface area contributed by atoms with Crippen molar-refractivity contribution in [2.75, 3.05) is 24.5 Å². The van der Waals surface area contributed by atoms with Gasteiger partial charge in [-0.3, -0.25) is 0 Å². The minimum Gasteiger partial charge on any atom is -0.357 e. The molecule has 1 fully saturated rings. The average Bonchev–Trinajstić information content (AvgIpc) is 2.72. The van der Waals surface area contributed by atoms with Gasteiger partial charge in [-0.25, -0.2) is 9.98 Å². The zero-order valence-electron chi connectivity index (χ0n) is 16.0. The van der Waals surface area contributed by atoms with Crippen molar-refractivity contribution in [2.45, 2.75) is 39.3 Å². The molecule has 5 nitrogen and oxygen atoms in total. The molecule has 1 aliphatic rings. The van der Waals surface area contributed by atoms with E-state index in [1.165, 1.54) is 30.4 Å². The van der Waals surface area contributed by atoms with Gasteiger partial charge >= 0.3 is 0 Å². The smallest absolute Gasteiger partial charge is 0.191 e. The first-order valence-corrected chi connectivity index (χ1v) is 9.61. The van der Waals surface area contributed by atoms with E-state index in [2.05, 4.69) is 63.8 Å². The standard InChI is InChI=1S/C21H29N5.HI/c1-2-22-21(24-16-18-9-5-3-6-10-18)25-17-19-11-12-23-20(15-19)26-13-7-4-8-14-26;/h3,5-6,9-12,15H,2,4,7-8,13-14,16-17H2,1H3,(H2,22,24,25);1H. The molecule has 0 saturated carbocycles. The summed E-state index contributed by atoms with van der Waals surface area (Å²) in [6.45, 7) is 6.56. The molecule has 0 atom stereocenters. The maximum Gasteiger partial charge on any atom is 0.191 e. The first-order chi connectivity index (χ1) is 12.8. The van der Waals surface area contributed by atoms with Crippen LogP contribution in [0.25, 0.3) is 0 Å². The van der Waals surface area contributed by atoms with Crippen molar-refractivity contribution < 1.29 is 0 Å². The van der Waals surface area contributed by atoms with Crippen molar-refractivity contribution >= 4 is 35.8 Å². The molecule has 2 aromatic rings. The van der Waals surface area contributed by atoms with E-state index in [-0.39, 0.29) is 24.0 Å². The molecule has 2 N–H and O–H groups in total. The summed E-state index contributed by atoms with van der Waals surface area (Å²) in [7, 11) is 0. The molecule has 0 spiro atoms. The summed E-state index contributed by atoms with van der Waals surface area (Å²) in [6.07, 6.45) is 5.76. The zero-order chi connectivity index (χ0) is 18.0. The largest absolute Gasteiger partial charge is 0.357 e. The third kappa shape index (κ3) is 7.01. The highest BCUT2D eigenvalue weighted by Crippen LogP contribution is 2.18. The molecule has 1 aromatic carbocycles. The molecule has 0 unspecified atom stereocenters. The van der Waals surface area contributed by atoms with Crippen LogP contribution in [-0.4, -0.2) is 30.6 Å². The maximum absolute atomic E-state index is 4.73. The number of hydrogen-bond donors (Lipinski definition) is 2. The molecule has 146 valence electrons. The minimum atomic E-state index is 0. The van der Waals surface area contributed by atoms with Crippen molar-refractivity contribution in [3.63, 3.8) is 0 Å². The number of aromatic nitrogens is 1. The molecule has 1 aliphatic heterocycles. The monoisotopic (exact) mass is 479 g/mol. The van der Waals surface area contributed by atoms with E-state index in [1.54, 1.807) is 0 Å². The summed E-state index contributed by atoms with van der Waals surface area (Å²) in [6, 6.07) is 14.6. The number of aliphatic imine (C=N–C) groups is 1. The second kappa shape index (κ2) is 11.8. The Hall–Kier alpha value is -1.83. The van der Waals surface area contributed by atoms with E-state index in [9.17, 15) is 0 Å². The second-order valence-electron chi connectivity index (χ2n) is 6.60. The molecule has 0 aliphatic carbocycles. The van der Waals surface area contributed by atoms with Crippen LogP contribution in [-0.2, 0) is 13.1 Å². The molecular weight excluding hydrogens is 449 g/mol. The van der Waals surface area contributed by atoms with Crippen molar-refractivity contribution in [1.29, 1.82) is 0 Å². The van der Waals surface area contributed by atoms with E-state index < -0.39 is 0 Å². The molecule has 1 aromatic heterocycles. The highest BCUT2D eigenvalue weighted by Gasteiger charge is 2.12. The summed E-state index contributed by atoms with van der Waals surface area (Å²) < 4.78 is 0. The number of piperidine rings is 1. The molecule has 0 bridgehead atoms. The molecule has 0 amide bonds. The Balaban J connectivity index is 0.00000261. The van der Waals surface area contributed by atoms with Crippen molar-refractivity contribution in [3.05, 3.63) is 59.8 Å². The fraction of sp³-hybridized carbons (Fsp3) is 0.429. The number of nitrogens with one attached hydrogen (secondary N) is 2. The quantitative estimate of drug-likeness (QED) is 0.375. The summed E-state index contributed by atoms with van der Waals surface area (Å²) in [4.78, 5) is 11.7. The van der Waals surface area contributed by atoms with Crippen LogP contribution in [0.15, 0.2) is 53.7 Å². The summed E-state index contributed by atoms with van der Waals surface area (Å²) >= 11 is 0. The number of guanidine groups is 1.